The number of carbonyl (C=O) groups is 3. The molecule has 2 aliphatic rings. The lowest BCUT2D eigenvalue weighted by molar-refractivity contribution is -0.140. The van der Waals surface area contributed by atoms with Gasteiger partial charge in [-0.2, -0.15) is 0 Å². The van der Waals surface area contributed by atoms with Gasteiger partial charge in [-0.15, -0.1) is 0 Å². The zero-order valence-corrected chi connectivity index (χ0v) is 18.6. The lowest BCUT2D eigenvalue weighted by atomic mass is 10.1. The smallest absolute Gasteiger partial charge is 0.355 e. The summed E-state index contributed by atoms with van der Waals surface area (Å²) in [4.78, 5) is 42.4. The zero-order chi connectivity index (χ0) is 22.5. The number of rotatable bonds is 5. The fourth-order valence-electron chi connectivity index (χ4n) is 3.77. The number of anilines is 2. The van der Waals surface area contributed by atoms with E-state index in [2.05, 4.69) is 4.90 Å². The summed E-state index contributed by atoms with van der Waals surface area (Å²) in [6, 6.07) is 5.33. The number of methoxy groups -OCH3 is 2. The van der Waals surface area contributed by atoms with E-state index in [1.165, 1.54) is 14.2 Å². The Morgan fingerprint density at radius 2 is 1.74 bits per heavy atom. The minimum Gasteiger partial charge on any atom is -0.466 e. The minimum absolute atomic E-state index is 0.0343. The maximum absolute atomic E-state index is 12.6. The molecule has 0 aromatic heterocycles. The molecule has 0 N–H and O–H groups in total. The number of benzene rings is 1. The van der Waals surface area contributed by atoms with Crippen molar-refractivity contribution in [3.05, 3.63) is 34.5 Å². The van der Waals surface area contributed by atoms with Gasteiger partial charge in [-0.3, -0.25) is 4.79 Å². The van der Waals surface area contributed by atoms with Crippen LogP contribution >= 0.6 is 11.6 Å². The number of hydrogen-bond acceptors (Lipinski definition) is 8. The van der Waals surface area contributed by atoms with Crippen LogP contribution in [-0.2, 0) is 28.6 Å². The third-order valence-corrected chi connectivity index (χ3v) is 5.65. The first-order valence-electron chi connectivity index (χ1n) is 9.99. The molecule has 9 nitrogen and oxygen atoms in total. The summed E-state index contributed by atoms with van der Waals surface area (Å²) < 4.78 is 15.4. The monoisotopic (exact) mass is 451 g/mol. The Hall–Kier alpha value is -2.78. The van der Waals surface area contributed by atoms with Gasteiger partial charge in [0.05, 0.1) is 42.8 Å². The maximum Gasteiger partial charge on any atom is 0.355 e. The lowest BCUT2D eigenvalue weighted by Crippen LogP contribution is -2.49. The van der Waals surface area contributed by atoms with Gasteiger partial charge >= 0.3 is 11.9 Å². The Labute approximate surface area is 186 Å². The Morgan fingerprint density at radius 3 is 2.35 bits per heavy atom. The fourth-order valence-corrected chi connectivity index (χ4v) is 4.06. The van der Waals surface area contributed by atoms with Crippen molar-refractivity contribution in [2.75, 3.05) is 63.5 Å². The molecule has 3 rings (SSSR count). The topological polar surface area (TPSA) is 88.6 Å². The van der Waals surface area contributed by atoms with Gasteiger partial charge in [0.15, 0.2) is 0 Å². The highest BCUT2D eigenvalue weighted by molar-refractivity contribution is 6.34. The van der Waals surface area contributed by atoms with Gasteiger partial charge in [-0.1, -0.05) is 24.6 Å². The SMILES string of the molecule is CCC(=O)N1CCN(c2c(Cl)cccc2N2COCC(C(=O)OC)=C2C(=O)OC)CC1. The lowest BCUT2D eigenvalue weighted by Gasteiger charge is -2.39. The molecule has 0 radical (unpaired) electrons. The highest BCUT2D eigenvalue weighted by Crippen LogP contribution is 2.40. The van der Waals surface area contributed by atoms with Crippen molar-refractivity contribution >= 4 is 40.8 Å². The third-order valence-electron chi connectivity index (χ3n) is 5.34. The number of hydrogen-bond donors (Lipinski definition) is 0. The molecule has 0 atom stereocenters. The van der Waals surface area contributed by atoms with Crippen molar-refractivity contribution in [3.8, 4) is 0 Å². The number of para-hydroxylation sites is 1. The van der Waals surface area contributed by atoms with Crippen LogP contribution < -0.4 is 9.80 Å². The predicted molar refractivity (Wildman–Crippen MR) is 115 cm³/mol. The first kappa shape index (κ1) is 22.9. The van der Waals surface area contributed by atoms with Crippen LogP contribution in [0.3, 0.4) is 0 Å². The molecule has 1 amide bonds. The van der Waals surface area contributed by atoms with Crippen molar-refractivity contribution in [1.82, 2.24) is 4.90 Å². The second-order valence-electron chi connectivity index (χ2n) is 7.04. The first-order chi connectivity index (χ1) is 14.9. The van der Waals surface area contributed by atoms with Crippen molar-refractivity contribution in [2.24, 2.45) is 0 Å². The molecule has 0 aliphatic carbocycles. The second kappa shape index (κ2) is 10.0. The first-order valence-corrected chi connectivity index (χ1v) is 10.4. The summed E-state index contributed by atoms with van der Waals surface area (Å²) in [5.74, 6) is -1.23. The summed E-state index contributed by atoms with van der Waals surface area (Å²) in [6.45, 7) is 4.11. The van der Waals surface area contributed by atoms with Gasteiger partial charge in [-0.25, -0.2) is 9.59 Å². The molecule has 1 aromatic rings. The van der Waals surface area contributed by atoms with Crippen LogP contribution in [0.1, 0.15) is 13.3 Å². The highest BCUT2D eigenvalue weighted by Gasteiger charge is 2.35. The van der Waals surface area contributed by atoms with E-state index in [0.29, 0.717) is 49.0 Å². The van der Waals surface area contributed by atoms with E-state index in [9.17, 15) is 14.4 Å². The van der Waals surface area contributed by atoms with Crippen LogP contribution in [0.2, 0.25) is 5.02 Å². The Kier molecular flexibility index (Phi) is 7.40. The summed E-state index contributed by atoms with van der Waals surface area (Å²) >= 11 is 6.58. The highest BCUT2D eigenvalue weighted by atomic mass is 35.5. The van der Waals surface area contributed by atoms with Crippen molar-refractivity contribution < 1.29 is 28.6 Å². The summed E-state index contributed by atoms with van der Waals surface area (Å²) in [5, 5.41) is 0.488. The molecule has 31 heavy (non-hydrogen) atoms. The largest absolute Gasteiger partial charge is 0.466 e. The second-order valence-corrected chi connectivity index (χ2v) is 7.45. The molecule has 0 saturated carbocycles. The zero-order valence-electron chi connectivity index (χ0n) is 17.9. The van der Waals surface area contributed by atoms with Gasteiger partial charge in [0.25, 0.3) is 0 Å². The Bertz CT molecular complexity index is 895. The van der Waals surface area contributed by atoms with Crippen LogP contribution in [-0.4, -0.2) is 76.5 Å². The van der Waals surface area contributed by atoms with E-state index in [4.69, 9.17) is 25.8 Å². The number of amides is 1. The Balaban J connectivity index is 2.01. The molecule has 2 heterocycles. The van der Waals surface area contributed by atoms with E-state index >= 15 is 0 Å². The molecule has 1 fully saturated rings. The van der Waals surface area contributed by atoms with Gasteiger partial charge in [0.2, 0.25) is 5.91 Å². The van der Waals surface area contributed by atoms with Crippen LogP contribution in [0.15, 0.2) is 29.5 Å². The third kappa shape index (κ3) is 4.62. The quantitative estimate of drug-likeness (QED) is 0.626. The standard InChI is InChI=1S/C21H26ClN3O6/c1-4-17(26)23-8-10-24(11-9-23)19-15(22)6-5-7-16(19)25-13-31-12-14(20(27)29-2)18(25)21(28)30-3/h5-7H,4,8-13H2,1-3H3. The number of ether oxygens (including phenoxy) is 3. The van der Waals surface area contributed by atoms with Crippen LogP contribution in [0, 0.1) is 0 Å². The van der Waals surface area contributed by atoms with Crippen LogP contribution in [0.4, 0.5) is 11.4 Å². The van der Waals surface area contributed by atoms with Crippen LogP contribution in [0.5, 0.6) is 0 Å². The molecule has 1 saturated heterocycles. The number of esters is 2. The number of carbonyl (C=O) groups excluding carboxylic acids is 3. The van der Waals surface area contributed by atoms with Crippen molar-refractivity contribution in [1.29, 1.82) is 0 Å². The van der Waals surface area contributed by atoms with Crippen molar-refractivity contribution in [2.45, 2.75) is 13.3 Å². The number of nitrogens with zero attached hydrogens (tertiary/aromatic N) is 3. The van der Waals surface area contributed by atoms with Gasteiger partial charge in [0, 0.05) is 32.6 Å². The summed E-state index contributed by atoms with van der Waals surface area (Å²) in [6.07, 6.45) is 0.464. The molecule has 1 aromatic carbocycles. The number of halogens is 1. The normalized spacial score (nSPS) is 17.0. The molecule has 168 valence electrons. The van der Waals surface area contributed by atoms with E-state index in [1.807, 2.05) is 11.8 Å². The maximum atomic E-state index is 12.6. The average molecular weight is 452 g/mol. The molecular weight excluding hydrogens is 426 g/mol. The molecule has 0 spiro atoms. The van der Waals surface area contributed by atoms with Gasteiger partial charge < -0.3 is 28.9 Å². The average Bonchev–Trinajstić information content (AvgIpc) is 2.82. The summed E-state index contributed by atoms with van der Waals surface area (Å²) in [5.41, 5.74) is 1.43. The van der Waals surface area contributed by atoms with Crippen LogP contribution in [0.25, 0.3) is 0 Å². The van der Waals surface area contributed by atoms with E-state index < -0.39 is 11.9 Å². The van der Waals surface area contributed by atoms with Gasteiger partial charge in [-0.05, 0) is 12.1 Å². The molecular formula is C21H26ClN3O6. The van der Waals surface area contributed by atoms with Gasteiger partial charge in [0.1, 0.15) is 12.4 Å². The van der Waals surface area contributed by atoms with Crippen molar-refractivity contribution in [3.63, 3.8) is 0 Å². The predicted octanol–water partition coefficient (Wildman–Crippen LogP) is 1.79. The fraction of sp³-hybridized carbons (Fsp3) is 0.476. The van der Waals surface area contributed by atoms with E-state index in [0.717, 1.165) is 0 Å². The van der Waals surface area contributed by atoms with E-state index in [-0.39, 0.29) is 30.5 Å². The molecule has 2 aliphatic heterocycles. The number of piperazine rings is 1. The minimum atomic E-state index is -0.673. The molecule has 0 bridgehead atoms. The Morgan fingerprint density at radius 1 is 1.06 bits per heavy atom. The summed E-state index contributed by atoms with van der Waals surface area (Å²) in [7, 11) is 2.49. The molecule has 0 unspecified atom stereocenters. The van der Waals surface area contributed by atoms with E-state index in [1.54, 1.807) is 23.1 Å². The molecule has 10 heteroatoms.